The SMILES string of the molecule is CN(C)CCCCNC(=O)c1nc(N)n[nH]1. The first kappa shape index (κ1) is 12.4. The molecule has 0 spiro atoms. The van der Waals surface area contributed by atoms with Crippen LogP contribution in [-0.2, 0) is 0 Å². The Hall–Kier alpha value is -1.63. The van der Waals surface area contributed by atoms with Crippen molar-refractivity contribution in [3.63, 3.8) is 0 Å². The van der Waals surface area contributed by atoms with Crippen molar-refractivity contribution in [3.05, 3.63) is 5.82 Å². The van der Waals surface area contributed by atoms with Crippen molar-refractivity contribution in [2.75, 3.05) is 32.9 Å². The van der Waals surface area contributed by atoms with Gasteiger partial charge in [-0.2, -0.15) is 4.98 Å². The topological polar surface area (TPSA) is 99.9 Å². The Morgan fingerprint density at radius 2 is 2.25 bits per heavy atom. The van der Waals surface area contributed by atoms with E-state index >= 15 is 0 Å². The summed E-state index contributed by atoms with van der Waals surface area (Å²) >= 11 is 0. The largest absolute Gasteiger partial charge is 0.366 e. The molecule has 0 aromatic carbocycles. The van der Waals surface area contributed by atoms with Gasteiger partial charge in [0, 0.05) is 6.54 Å². The maximum atomic E-state index is 11.4. The van der Waals surface area contributed by atoms with E-state index in [-0.39, 0.29) is 17.7 Å². The molecule has 0 aliphatic rings. The number of hydrogen-bond acceptors (Lipinski definition) is 5. The second kappa shape index (κ2) is 6.06. The van der Waals surface area contributed by atoms with Crippen molar-refractivity contribution in [1.29, 1.82) is 0 Å². The second-order valence-corrected chi connectivity index (χ2v) is 3.81. The number of nitrogen functional groups attached to an aromatic ring is 1. The molecule has 0 aliphatic heterocycles. The smallest absolute Gasteiger partial charge is 0.288 e. The first-order valence-corrected chi connectivity index (χ1v) is 5.20. The molecular weight excluding hydrogens is 208 g/mol. The van der Waals surface area contributed by atoms with Gasteiger partial charge in [0.05, 0.1) is 0 Å². The van der Waals surface area contributed by atoms with E-state index in [1.54, 1.807) is 0 Å². The van der Waals surface area contributed by atoms with Gasteiger partial charge in [0.2, 0.25) is 11.8 Å². The number of anilines is 1. The van der Waals surface area contributed by atoms with E-state index in [9.17, 15) is 4.79 Å². The number of nitrogens with two attached hydrogens (primary N) is 1. The fourth-order valence-corrected chi connectivity index (χ4v) is 1.21. The molecule has 1 aromatic heterocycles. The van der Waals surface area contributed by atoms with Crippen LogP contribution in [0, 0.1) is 0 Å². The first-order valence-electron chi connectivity index (χ1n) is 5.20. The molecule has 7 heteroatoms. The molecule has 0 saturated carbocycles. The number of nitrogens with one attached hydrogen (secondary N) is 2. The predicted octanol–water partition coefficient (Wildman–Crippen LogP) is -0.541. The molecule has 90 valence electrons. The molecule has 1 heterocycles. The Bertz CT molecular complexity index is 334. The van der Waals surface area contributed by atoms with Crippen molar-refractivity contribution in [2.45, 2.75) is 12.8 Å². The minimum Gasteiger partial charge on any atom is -0.366 e. The molecule has 0 aliphatic carbocycles. The van der Waals surface area contributed by atoms with Crippen molar-refractivity contribution in [2.24, 2.45) is 0 Å². The molecule has 1 rings (SSSR count). The number of carbonyl (C=O) groups is 1. The minimum atomic E-state index is -0.269. The molecule has 1 amide bonds. The summed E-state index contributed by atoms with van der Waals surface area (Å²) < 4.78 is 0. The highest BCUT2D eigenvalue weighted by molar-refractivity contribution is 5.90. The summed E-state index contributed by atoms with van der Waals surface area (Å²) in [5.74, 6) is -0.0306. The number of H-pyrrole nitrogens is 1. The number of amides is 1. The zero-order valence-corrected chi connectivity index (χ0v) is 9.66. The Morgan fingerprint density at radius 1 is 1.50 bits per heavy atom. The highest BCUT2D eigenvalue weighted by atomic mass is 16.2. The van der Waals surface area contributed by atoms with E-state index in [0.717, 1.165) is 19.4 Å². The van der Waals surface area contributed by atoms with Crippen LogP contribution < -0.4 is 11.1 Å². The monoisotopic (exact) mass is 226 g/mol. The van der Waals surface area contributed by atoms with Gasteiger partial charge >= 0.3 is 0 Å². The third-order valence-electron chi connectivity index (χ3n) is 2.04. The Labute approximate surface area is 94.4 Å². The number of unbranched alkanes of at least 4 members (excludes halogenated alkanes) is 1. The van der Waals surface area contributed by atoms with Gasteiger partial charge < -0.3 is 16.0 Å². The van der Waals surface area contributed by atoms with Crippen molar-refractivity contribution < 1.29 is 4.79 Å². The number of aromatic nitrogens is 3. The van der Waals surface area contributed by atoms with Crippen LogP contribution in [-0.4, -0.2) is 53.2 Å². The summed E-state index contributed by atoms with van der Waals surface area (Å²) in [6.45, 7) is 1.65. The molecular formula is C9H18N6O. The van der Waals surface area contributed by atoms with Gasteiger partial charge in [-0.25, -0.2) is 0 Å². The van der Waals surface area contributed by atoms with Gasteiger partial charge in [0.25, 0.3) is 5.91 Å². The fourth-order valence-electron chi connectivity index (χ4n) is 1.21. The van der Waals surface area contributed by atoms with E-state index in [4.69, 9.17) is 5.73 Å². The average molecular weight is 226 g/mol. The van der Waals surface area contributed by atoms with Gasteiger partial charge in [-0.3, -0.25) is 9.89 Å². The minimum absolute atomic E-state index is 0.0813. The summed E-state index contributed by atoms with van der Waals surface area (Å²) in [7, 11) is 4.05. The van der Waals surface area contributed by atoms with E-state index in [2.05, 4.69) is 25.4 Å². The fraction of sp³-hybridized carbons (Fsp3) is 0.667. The summed E-state index contributed by atoms with van der Waals surface area (Å²) in [6.07, 6.45) is 1.99. The van der Waals surface area contributed by atoms with Crippen LogP contribution >= 0.6 is 0 Å². The normalized spacial score (nSPS) is 10.7. The lowest BCUT2D eigenvalue weighted by Crippen LogP contribution is -2.26. The van der Waals surface area contributed by atoms with Crippen LogP contribution in [0.1, 0.15) is 23.5 Å². The standard InChI is InChI=1S/C9H18N6O/c1-15(2)6-4-3-5-11-8(16)7-12-9(10)14-13-7/h3-6H2,1-2H3,(H,11,16)(H3,10,12,13,14). The lowest BCUT2D eigenvalue weighted by molar-refractivity contribution is 0.0943. The number of hydrogen-bond donors (Lipinski definition) is 3. The summed E-state index contributed by atoms with van der Waals surface area (Å²) in [6, 6.07) is 0. The van der Waals surface area contributed by atoms with Crippen LogP contribution in [0.5, 0.6) is 0 Å². The van der Waals surface area contributed by atoms with Crippen molar-refractivity contribution in [1.82, 2.24) is 25.4 Å². The zero-order valence-electron chi connectivity index (χ0n) is 9.66. The lowest BCUT2D eigenvalue weighted by atomic mass is 10.3. The third kappa shape index (κ3) is 4.26. The molecule has 4 N–H and O–H groups in total. The summed E-state index contributed by atoms with van der Waals surface area (Å²) in [5.41, 5.74) is 5.29. The first-order chi connectivity index (χ1) is 7.59. The highest BCUT2D eigenvalue weighted by Gasteiger charge is 2.08. The second-order valence-electron chi connectivity index (χ2n) is 3.81. The van der Waals surface area contributed by atoms with Gasteiger partial charge in [-0.1, -0.05) is 0 Å². The van der Waals surface area contributed by atoms with Gasteiger partial charge in [-0.05, 0) is 33.5 Å². The molecule has 7 nitrogen and oxygen atoms in total. The molecule has 0 saturated heterocycles. The van der Waals surface area contributed by atoms with Crippen LogP contribution in [0.3, 0.4) is 0 Å². The molecule has 0 atom stereocenters. The molecule has 0 bridgehead atoms. The Balaban J connectivity index is 2.16. The van der Waals surface area contributed by atoms with Gasteiger partial charge in [0.1, 0.15) is 0 Å². The summed E-state index contributed by atoms with van der Waals surface area (Å²) in [4.78, 5) is 17.3. The molecule has 0 radical (unpaired) electrons. The highest BCUT2D eigenvalue weighted by Crippen LogP contribution is 1.93. The van der Waals surface area contributed by atoms with Crippen molar-refractivity contribution >= 4 is 11.9 Å². The van der Waals surface area contributed by atoms with Crippen LogP contribution in [0.4, 0.5) is 5.95 Å². The number of carbonyl (C=O) groups excluding carboxylic acids is 1. The average Bonchev–Trinajstić information content (AvgIpc) is 2.63. The molecule has 0 unspecified atom stereocenters. The maximum absolute atomic E-state index is 11.4. The van der Waals surface area contributed by atoms with Crippen LogP contribution in [0.15, 0.2) is 0 Å². The van der Waals surface area contributed by atoms with Gasteiger partial charge in [-0.15, -0.1) is 5.10 Å². The molecule has 1 aromatic rings. The van der Waals surface area contributed by atoms with E-state index in [1.165, 1.54) is 0 Å². The molecule has 0 fully saturated rings. The van der Waals surface area contributed by atoms with E-state index < -0.39 is 0 Å². The number of nitrogens with zero attached hydrogens (tertiary/aromatic N) is 3. The van der Waals surface area contributed by atoms with E-state index in [0.29, 0.717) is 6.54 Å². The zero-order chi connectivity index (χ0) is 12.0. The van der Waals surface area contributed by atoms with Gasteiger partial charge in [0.15, 0.2) is 0 Å². The lowest BCUT2D eigenvalue weighted by Gasteiger charge is -2.08. The number of rotatable bonds is 6. The Morgan fingerprint density at radius 3 is 2.81 bits per heavy atom. The quantitative estimate of drug-likeness (QED) is 0.566. The third-order valence-corrected chi connectivity index (χ3v) is 2.04. The molecule has 16 heavy (non-hydrogen) atoms. The predicted molar refractivity (Wildman–Crippen MR) is 60.9 cm³/mol. The Kier molecular flexibility index (Phi) is 4.71. The maximum Gasteiger partial charge on any atom is 0.288 e. The van der Waals surface area contributed by atoms with Crippen LogP contribution in [0.25, 0.3) is 0 Å². The van der Waals surface area contributed by atoms with Crippen molar-refractivity contribution in [3.8, 4) is 0 Å². The number of aromatic amines is 1. The van der Waals surface area contributed by atoms with Crippen LogP contribution in [0.2, 0.25) is 0 Å². The summed E-state index contributed by atoms with van der Waals surface area (Å²) in [5, 5.41) is 8.78. The van der Waals surface area contributed by atoms with E-state index in [1.807, 2.05) is 14.1 Å².